The molecule has 0 saturated heterocycles. The lowest BCUT2D eigenvalue weighted by atomic mass is 9.98. The number of carboxylic acid groups (broad SMARTS) is 1. The van der Waals surface area contributed by atoms with Crippen molar-refractivity contribution in [2.45, 2.75) is 13.3 Å². The molecule has 1 atom stereocenters. The lowest BCUT2D eigenvalue weighted by Gasteiger charge is -2.16. The highest BCUT2D eigenvalue weighted by molar-refractivity contribution is 7.81. The number of nitrogens with one attached hydrogen (secondary N) is 1. The van der Waals surface area contributed by atoms with Gasteiger partial charge in [0.15, 0.2) is 0 Å². The van der Waals surface area contributed by atoms with E-state index in [1.54, 1.807) is 0 Å². The maximum Gasteiger partial charge on any atom is 0.314 e. The third-order valence-corrected chi connectivity index (χ3v) is 5.93. The van der Waals surface area contributed by atoms with Crippen LogP contribution in [0.5, 0.6) is 0 Å². The molecule has 0 aliphatic rings. The van der Waals surface area contributed by atoms with Crippen LogP contribution in [0.1, 0.15) is 12.5 Å². The van der Waals surface area contributed by atoms with Gasteiger partial charge in [0.05, 0.1) is 5.92 Å². The van der Waals surface area contributed by atoms with Crippen molar-refractivity contribution in [3.63, 3.8) is 0 Å². The van der Waals surface area contributed by atoms with E-state index in [0.29, 0.717) is 0 Å². The molecule has 126 valence electrons. The minimum Gasteiger partial charge on any atom is -0.481 e. The highest BCUT2D eigenvalue weighted by Gasteiger charge is 2.42. The van der Waals surface area contributed by atoms with Gasteiger partial charge in [-0.15, -0.1) is 0 Å². The van der Waals surface area contributed by atoms with E-state index in [2.05, 4.69) is 0 Å². The maximum absolute atomic E-state index is 11.4. The summed E-state index contributed by atoms with van der Waals surface area (Å²) in [6.45, 7) is 1.29. The summed E-state index contributed by atoms with van der Waals surface area (Å²) in [6, 6.07) is 17.4. The molecule has 4 N–H and O–H groups in total. The summed E-state index contributed by atoms with van der Waals surface area (Å²) in [5.41, 5.74) is 2.67. The minimum absolute atomic E-state index is 0.195. The maximum atomic E-state index is 11.4. The molecule has 0 spiro atoms. The molecule has 0 bridgehead atoms. The van der Waals surface area contributed by atoms with Crippen molar-refractivity contribution in [2.75, 3.05) is 6.16 Å². The molecule has 2 rings (SSSR count). The highest BCUT2D eigenvalue weighted by atomic mass is 31.2. The molecule has 0 fully saturated rings. The van der Waals surface area contributed by atoms with Crippen molar-refractivity contribution in [1.82, 2.24) is 0 Å². The van der Waals surface area contributed by atoms with E-state index in [1.807, 2.05) is 54.6 Å². The zero-order valence-electron chi connectivity index (χ0n) is 13.4. The van der Waals surface area contributed by atoms with Crippen LogP contribution in [0.4, 0.5) is 0 Å². The van der Waals surface area contributed by atoms with E-state index in [0.717, 1.165) is 16.7 Å². The van der Waals surface area contributed by atoms with Crippen molar-refractivity contribution in [3.05, 3.63) is 60.2 Å². The number of hydrogen-bond acceptors (Lipinski definition) is 4. The summed E-state index contributed by atoms with van der Waals surface area (Å²) < 4.78 is 0. The van der Waals surface area contributed by atoms with E-state index in [1.165, 1.54) is 6.92 Å². The number of carbonyl (C=O) groups is 1. The molecule has 6 heteroatoms. The van der Waals surface area contributed by atoms with Crippen LogP contribution >= 0.6 is 7.72 Å². The molecule has 24 heavy (non-hydrogen) atoms. The third kappa shape index (κ3) is 4.71. The molecular weight excluding hydrogens is 325 g/mol. The van der Waals surface area contributed by atoms with E-state index in [9.17, 15) is 19.7 Å². The SMILES string of the molecule is CC(=N)[P+](O)(O)CC(Cc1ccc(-c2ccccc2)cc1)C(=O)O. The molecule has 2 aromatic rings. The van der Waals surface area contributed by atoms with Crippen molar-refractivity contribution in [1.29, 1.82) is 5.41 Å². The molecule has 2 aromatic carbocycles. The van der Waals surface area contributed by atoms with Gasteiger partial charge in [0.2, 0.25) is 5.45 Å². The minimum atomic E-state index is -3.62. The Labute approximate surface area is 141 Å². The summed E-state index contributed by atoms with van der Waals surface area (Å²) in [4.78, 5) is 31.1. The van der Waals surface area contributed by atoms with Crippen LogP contribution < -0.4 is 0 Å². The van der Waals surface area contributed by atoms with Gasteiger partial charge in [0.1, 0.15) is 6.16 Å². The van der Waals surface area contributed by atoms with Crippen molar-refractivity contribution >= 4 is 19.1 Å². The summed E-state index contributed by atoms with van der Waals surface area (Å²) in [5, 5.41) is 16.7. The number of rotatable bonds is 7. The van der Waals surface area contributed by atoms with Gasteiger partial charge in [-0.3, -0.25) is 10.2 Å². The average Bonchev–Trinajstić information content (AvgIpc) is 2.55. The smallest absolute Gasteiger partial charge is 0.314 e. The second kappa shape index (κ2) is 7.67. The van der Waals surface area contributed by atoms with E-state index in [4.69, 9.17) is 5.41 Å². The first-order valence-corrected chi connectivity index (χ1v) is 9.44. The molecule has 0 aliphatic heterocycles. The molecule has 0 aliphatic carbocycles. The predicted molar refractivity (Wildman–Crippen MR) is 96.3 cm³/mol. The first kappa shape index (κ1) is 18.3. The Kier molecular flexibility index (Phi) is 5.84. The first-order valence-electron chi connectivity index (χ1n) is 7.56. The van der Waals surface area contributed by atoms with Gasteiger partial charge in [-0.1, -0.05) is 54.6 Å². The Morgan fingerprint density at radius 3 is 2.08 bits per heavy atom. The normalized spacial score (nSPS) is 12.6. The fourth-order valence-electron chi connectivity index (χ4n) is 2.42. The largest absolute Gasteiger partial charge is 0.481 e. The van der Waals surface area contributed by atoms with Gasteiger partial charge in [-0.25, -0.2) is 9.79 Å². The quantitative estimate of drug-likeness (QED) is 0.456. The Bertz CT molecular complexity index is 714. The third-order valence-electron chi connectivity index (χ3n) is 3.90. The lowest BCUT2D eigenvalue weighted by Crippen LogP contribution is -2.24. The Hall–Kier alpha value is -2.07. The van der Waals surface area contributed by atoms with Crippen molar-refractivity contribution in [3.8, 4) is 11.1 Å². The summed E-state index contributed by atoms with van der Waals surface area (Å²) in [6.07, 6.45) is -0.112. The zero-order valence-corrected chi connectivity index (χ0v) is 14.3. The molecule has 0 amide bonds. The van der Waals surface area contributed by atoms with Gasteiger partial charge in [-0.2, -0.15) is 0 Å². The molecular formula is C18H21NO4P+. The van der Waals surface area contributed by atoms with Gasteiger partial charge < -0.3 is 5.11 Å². The Morgan fingerprint density at radius 1 is 1.04 bits per heavy atom. The number of benzene rings is 2. The second-order valence-corrected chi connectivity index (χ2v) is 8.30. The summed E-state index contributed by atoms with van der Waals surface area (Å²) in [7, 11) is -3.62. The second-order valence-electron chi connectivity index (χ2n) is 5.80. The number of carboxylic acids is 1. The van der Waals surface area contributed by atoms with Crippen LogP contribution in [-0.2, 0) is 11.2 Å². The highest BCUT2D eigenvalue weighted by Crippen LogP contribution is 2.52. The fourth-order valence-corrected chi connectivity index (χ4v) is 3.60. The predicted octanol–water partition coefficient (Wildman–Crippen LogP) is 3.43. The van der Waals surface area contributed by atoms with Crippen LogP contribution in [0.25, 0.3) is 11.1 Å². The van der Waals surface area contributed by atoms with E-state index >= 15 is 0 Å². The average molecular weight is 346 g/mol. The monoisotopic (exact) mass is 346 g/mol. The van der Waals surface area contributed by atoms with Gasteiger partial charge in [0, 0.05) is 6.92 Å². The van der Waals surface area contributed by atoms with Crippen molar-refractivity contribution in [2.24, 2.45) is 5.92 Å². The fraction of sp³-hybridized carbons (Fsp3) is 0.222. The molecule has 0 radical (unpaired) electrons. The van der Waals surface area contributed by atoms with Crippen LogP contribution in [-0.4, -0.2) is 32.5 Å². The van der Waals surface area contributed by atoms with Gasteiger partial charge >= 0.3 is 13.7 Å². The molecule has 1 unspecified atom stereocenters. The van der Waals surface area contributed by atoms with Gasteiger partial charge in [0.25, 0.3) is 0 Å². The van der Waals surface area contributed by atoms with Crippen LogP contribution in [0.2, 0.25) is 0 Å². The molecule has 5 nitrogen and oxygen atoms in total. The Morgan fingerprint density at radius 2 is 1.58 bits per heavy atom. The number of aliphatic carboxylic acids is 1. The molecule has 0 saturated carbocycles. The standard InChI is InChI=1S/C18H20NO4P/c1-13(19)24(22,23)12-17(18(20)21)11-14-7-9-16(10-8-14)15-5-3-2-4-6-15/h2-10,17,19,22-23H,11-12H2,1H3/p+1. The first-order chi connectivity index (χ1) is 11.3. The summed E-state index contributed by atoms with van der Waals surface area (Å²) >= 11 is 0. The van der Waals surface area contributed by atoms with Gasteiger partial charge in [-0.05, 0) is 23.1 Å². The van der Waals surface area contributed by atoms with Crippen LogP contribution in [0, 0.1) is 11.3 Å². The van der Waals surface area contributed by atoms with Crippen LogP contribution in [0.15, 0.2) is 54.6 Å². The molecule has 0 heterocycles. The van der Waals surface area contributed by atoms with Crippen molar-refractivity contribution < 1.29 is 19.7 Å². The molecule has 0 aromatic heterocycles. The Balaban J connectivity index is 2.13. The topological polar surface area (TPSA) is 102 Å². The van der Waals surface area contributed by atoms with E-state index in [-0.39, 0.29) is 18.0 Å². The number of hydrogen-bond donors (Lipinski definition) is 4. The summed E-state index contributed by atoms with van der Waals surface area (Å²) in [5.74, 6) is -2.02. The lowest BCUT2D eigenvalue weighted by molar-refractivity contribution is -0.141. The zero-order chi connectivity index (χ0) is 17.7. The van der Waals surface area contributed by atoms with Crippen LogP contribution in [0.3, 0.4) is 0 Å². The van der Waals surface area contributed by atoms with E-state index < -0.39 is 19.6 Å².